The van der Waals surface area contributed by atoms with Gasteiger partial charge in [0.1, 0.15) is 0 Å². The van der Waals surface area contributed by atoms with Crippen molar-refractivity contribution in [1.82, 2.24) is 4.98 Å². The summed E-state index contributed by atoms with van der Waals surface area (Å²) in [6, 6.07) is 25.5. The van der Waals surface area contributed by atoms with E-state index in [4.69, 9.17) is 4.11 Å². The fraction of sp³-hybridized carbons (Fsp3) is 0.303. The van der Waals surface area contributed by atoms with Gasteiger partial charge in [0.05, 0.1) is 13.8 Å². The molecule has 0 radical (unpaired) electrons. The maximum Gasteiger partial charge on any atom is 0.0775 e. The molecule has 2 heteroatoms. The van der Waals surface area contributed by atoms with Gasteiger partial charge < -0.3 is 0 Å². The number of nitrogens with zero attached hydrogens (tertiary/aromatic N) is 1. The largest absolute Gasteiger partial charge is 0.256 e. The Bertz CT molecular complexity index is 1380. The lowest BCUT2D eigenvalue weighted by atomic mass is 9.81. The Morgan fingerprint density at radius 2 is 1.31 bits per heavy atom. The molecule has 4 rings (SSSR count). The number of benzene rings is 3. The predicted octanol–water partition coefficient (Wildman–Crippen LogP) is 9.18. The Labute approximate surface area is 217 Å². The van der Waals surface area contributed by atoms with Crippen LogP contribution in [-0.4, -0.2) is 13.1 Å². The summed E-state index contributed by atoms with van der Waals surface area (Å²) in [4.78, 5) is 4.59. The molecule has 0 saturated heterocycles. The van der Waals surface area contributed by atoms with E-state index in [1.165, 1.54) is 16.3 Å². The van der Waals surface area contributed by atoms with E-state index < -0.39 is 14.9 Å². The molecule has 0 unspecified atom stereocenters. The first-order valence-corrected chi connectivity index (χ1v) is 16.1. The molecule has 0 N–H and O–H groups in total. The van der Waals surface area contributed by atoms with E-state index in [0.717, 1.165) is 33.5 Å². The molecule has 1 aromatic heterocycles. The number of aryl methyl sites for hydroxylation is 1. The van der Waals surface area contributed by atoms with Crippen LogP contribution in [0.2, 0.25) is 19.6 Å². The number of hydrogen-bond acceptors (Lipinski definition) is 1. The second kappa shape index (κ2) is 9.95. The van der Waals surface area contributed by atoms with E-state index in [1.807, 2.05) is 36.4 Å². The average Bonchev–Trinajstić information content (AvgIpc) is 2.87. The quantitative estimate of drug-likeness (QED) is 0.251. The number of aromatic nitrogens is 1. The van der Waals surface area contributed by atoms with Crippen LogP contribution in [0.1, 0.15) is 60.3 Å². The van der Waals surface area contributed by atoms with Gasteiger partial charge in [0.15, 0.2) is 0 Å². The molecule has 180 valence electrons. The zero-order chi connectivity index (χ0) is 27.8. The van der Waals surface area contributed by atoms with Crippen molar-refractivity contribution in [3.8, 4) is 33.5 Å². The molecule has 35 heavy (non-hydrogen) atoms. The van der Waals surface area contributed by atoms with Gasteiger partial charge in [-0.2, -0.15) is 0 Å². The normalized spacial score (nSPS) is 13.6. The van der Waals surface area contributed by atoms with Crippen molar-refractivity contribution in [3.63, 3.8) is 0 Å². The van der Waals surface area contributed by atoms with Crippen LogP contribution in [0.25, 0.3) is 33.5 Å². The molecule has 0 atom stereocenters. The molecule has 1 heterocycles. The Hall–Kier alpha value is -2.97. The summed E-state index contributed by atoms with van der Waals surface area (Å²) in [7, 11) is -1.38. The van der Waals surface area contributed by atoms with Crippen LogP contribution < -0.4 is 5.19 Å². The smallest absolute Gasteiger partial charge is 0.0775 e. The summed E-state index contributed by atoms with van der Waals surface area (Å²) >= 11 is 0. The van der Waals surface area contributed by atoms with Gasteiger partial charge in [-0.05, 0) is 63.7 Å². The van der Waals surface area contributed by atoms with Gasteiger partial charge in [-0.15, -0.1) is 0 Å². The maximum atomic E-state index is 8.34. The van der Waals surface area contributed by atoms with Gasteiger partial charge >= 0.3 is 0 Å². The van der Waals surface area contributed by atoms with Crippen molar-refractivity contribution in [2.45, 2.75) is 66.0 Å². The van der Waals surface area contributed by atoms with Crippen LogP contribution in [0.15, 0.2) is 79.0 Å². The summed E-state index contributed by atoms with van der Waals surface area (Å²) in [5.41, 5.74) is 8.54. The fourth-order valence-corrected chi connectivity index (χ4v) is 5.83. The van der Waals surface area contributed by atoms with Crippen molar-refractivity contribution < 1.29 is 4.11 Å². The SMILES string of the molecule is [2H]C([2H])([2H])c1cnc(-c2ccccc2)cc1-c1c(C(C)C)cc(-c2ccc([Si](C)(C)C)cc2)cc1C(C)C. The third kappa shape index (κ3) is 5.33. The average molecular weight is 481 g/mol. The topological polar surface area (TPSA) is 12.9 Å². The van der Waals surface area contributed by atoms with Gasteiger partial charge in [-0.25, -0.2) is 0 Å². The molecule has 0 bridgehead atoms. The predicted molar refractivity (Wildman–Crippen MR) is 156 cm³/mol. The van der Waals surface area contributed by atoms with Gasteiger partial charge in [0.2, 0.25) is 0 Å². The van der Waals surface area contributed by atoms with Crippen molar-refractivity contribution in [2.24, 2.45) is 0 Å². The Kier molecular flexibility index (Phi) is 6.06. The summed E-state index contributed by atoms with van der Waals surface area (Å²) in [5.74, 6) is 0.419. The molecule has 0 aliphatic heterocycles. The number of hydrogen-bond donors (Lipinski definition) is 0. The lowest BCUT2D eigenvalue weighted by Crippen LogP contribution is -2.37. The van der Waals surface area contributed by atoms with Crippen LogP contribution in [0.5, 0.6) is 0 Å². The van der Waals surface area contributed by atoms with Crippen LogP contribution in [0.3, 0.4) is 0 Å². The minimum atomic E-state index is -2.27. The Morgan fingerprint density at radius 3 is 1.83 bits per heavy atom. The number of pyridine rings is 1. The third-order valence-electron chi connectivity index (χ3n) is 6.77. The molecule has 0 saturated carbocycles. The van der Waals surface area contributed by atoms with E-state index in [2.05, 4.69) is 88.7 Å². The molecule has 0 spiro atoms. The van der Waals surface area contributed by atoms with Crippen molar-refractivity contribution >= 4 is 13.3 Å². The second-order valence-corrected chi connectivity index (χ2v) is 16.2. The first-order valence-electron chi connectivity index (χ1n) is 14.1. The number of rotatable bonds is 6. The summed E-state index contributed by atoms with van der Waals surface area (Å²) in [5, 5.41) is 1.44. The van der Waals surface area contributed by atoms with Crippen molar-refractivity contribution in [3.05, 3.63) is 95.7 Å². The zero-order valence-corrected chi connectivity index (χ0v) is 23.1. The summed E-state index contributed by atoms with van der Waals surface area (Å²) < 4.78 is 25.0. The monoisotopic (exact) mass is 480 g/mol. The highest BCUT2D eigenvalue weighted by Gasteiger charge is 2.21. The first kappa shape index (κ1) is 21.3. The molecule has 0 amide bonds. The van der Waals surface area contributed by atoms with E-state index in [-0.39, 0.29) is 11.8 Å². The summed E-state index contributed by atoms with van der Waals surface area (Å²) in [6.45, 7) is 13.6. The highest BCUT2D eigenvalue weighted by molar-refractivity contribution is 6.88. The Balaban J connectivity index is 2.00. The molecule has 4 aromatic rings. The molecule has 0 aliphatic carbocycles. The van der Waals surface area contributed by atoms with E-state index in [0.29, 0.717) is 5.56 Å². The standard InChI is InChI=1S/C33H39NSi/c1-22(2)29-18-27(25-14-16-28(17-15-25)35(6,7)8)19-30(23(3)4)33(29)31-20-32(34-21-24(31)5)26-12-10-9-11-13-26/h9-23H,1-8H3/i5D3. The van der Waals surface area contributed by atoms with E-state index in [1.54, 1.807) is 6.20 Å². The van der Waals surface area contributed by atoms with Gasteiger partial charge in [0.25, 0.3) is 0 Å². The zero-order valence-electron chi connectivity index (χ0n) is 25.1. The fourth-order valence-electron chi connectivity index (χ4n) is 4.67. The van der Waals surface area contributed by atoms with Crippen LogP contribution in [0.4, 0.5) is 0 Å². The molecule has 0 fully saturated rings. The molecule has 0 aliphatic rings. The van der Waals surface area contributed by atoms with E-state index in [9.17, 15) is 0 Å². The maximum absolute atomic E-state index is 8.34. The Morgan fingerprint density at radius 1 is 0.714 bits per heavy atom. The molecular weight excluding hydrogens is 438 g/mol. The lowest BCUT2D eigenvalue weighted by Gasteiger charge is -2.24. The first-order chi connectivity index (χ1) is 17.8. The van der Waals surface area contributed by atoms with Gasteiger partial charge in [-0.3, -0.25) is 4.98 Å². The lowest BCUT2D eigenvalue weighted by molar-refractivity contribution is 0.838. The van der Waals surface area contributed by atoms with E-state index >= 15 is 0 Å². The molecular formula is C33H39NSi. The van der Waals surface area contributed by atoms with Gasteiger partial charge in [-0.1, -0.05) is 119 Å². The highest BCUT2D eigenvalue weighted by Crippen LogP contribution is 2.41. The molecule has 3 aromatic carbocycles. The minimum absolute atomic E-state index is 0.210. The highest BCUT2D eigenvalue weighted by atomic mass is 28.3. The van der Waals surface area contributed by atoms with Crippen molar-refractivity contribution in [1.29, 1.82) is 0 Å². The third-order valence-corrected chi connectivity index (χ3v) is 8.84. The molecule has 1 nitrogen and oxygen atoms in total. The van der Waals surface area contributed by atoms with Crippen LogP contribution >= 0.6 is 0 Å². The van der Waals surface area contributed by atoms with Crippen molar-refractivity contribution in [2.75, 3.05) is 0 Å². The summed E-state index contributed by atoms with van der Waals surface area (Å²) in [6.07, 6.45) is 1.56. The second-order valence-electron chi connectivity index (χ2n) is 11.1. The van der Waals surface area contributed by atoms with Crippen LogP contribution in [-0.2, 0) is 0 Å². The van der Waals surface area contributed by atoms with Gasteiger partial charge in [0, 0.05) is 15.9 Å². The van der Waals surface area contributed by atoms with Crippen LogP contribution in [0, 0.1) is 6.85 Å². The minimum Gasteiger partial charge on any atom is -0.256 e.